The van der Waals surface area contributed by atoms with E-state index in [1.165, 1.54) is 52.0 Å². The van der Waals surface area contributed by atoms with Crippen LogP contribution in [0.2, 0.25) is 0 Å². The Labute approximate surface area is 112 Å². The minimum atomic E-state index is 0.371. The molecule has 2 aliphatic heterocycles. The summed E-state index contributed by atoms with van der Waals surface area (Å²) in [5, 5.41) is 9.20. The maximum Gasteiger partial charge on any atom is 0.0471 e. The van der Waals surface area contributed by atoms with E-state index in [0.29, 0.717) is 12.5 Å². The second kappa shape index (κ2) is 6.85. The average Bonchev–Trinajstić information content (AvgIpc) is 2.95. The van der Waals surface area contributed by atoms with Gasteiger partial charge in [-0.1, -0.05) is 0 Å². The molecule has 4 nitrogen and oxygen atoms in total. The SMILES string of the molecule is CN(C)CCCN1CCC(N2CCC(CO)C2)C1. The Hall–Kier alpha value is -0.160. The van der Waals surface area contributed by atoms with Crippen molar-refractivity contribution in [2.24, 2.45) is 5.92 Å². The molecule has 0 radical (unpaired) electrons. The minimum absolute atomic E-state index is 0.371. The van der Waals surface area contributed by atoms with Gasteiger partial charge in [0.15, 0.2) is 0 Å². The molecular formula is C14H29N3O. The second-order valence-corrected chi connectivity index (χ2v) is 6.23. The van der Waals surface area contributed by atoms with Gasteiger partial charge in [-0.2, -0.15) is 0 Å². The van der Waals surface area contributed by atoms with Gasteiger partial charge in [0.2, 0.25) is 0 Å². The van der Waals surface area contributed by atoms with Gasteiger partial charge in [0.25, 0.3) is 0 Å². The van der Waals surface area contributed by atoms with E-state index in [-0.39, 0.29) is 0 Å². The number of likely N-dealkylation sites (tertiary alicyclic amines) is 2. The molecule has 0 aliphatic carbocycles. The van der Waals surface area contributed by atoms with Crippen LogP contribution in [0.1, 0.15) is 19.3 Å². The first-order valence-electron chi connectivity index (χ1n) is 7.41. The van der Waals surface area contributed by atoms with E-state index >= 15 is 0 Å². The highest BCUT2D eigenvalue weighted by atomic mass is 16.3. The van der Waals surface area contributed by atoms with E-state index in [2.05, 4.69) is 28.8 Å². The summed E-state index contributed by atoms with van der Waals surface area (Å²) < 4.78 is 0. The lowest BCUT2D eigenvalue weighted by Gasteiger charge is -2.24. The van der Waals surface area contributed by atoms with Gasteiger partial charge in [-0.3, -0.25) is 4.90 Å². The molecule has 2 heterocycles. The summed E-state index contributed by atoms with van der Waals surface area (Å²) in [5.74, 6) is 0.535. The van der Waals surface area contributed by atoms with E-state index in [1.54, 1.807) is 0 Å². The van der Waals surface area contributed by atoms with Crippen LogP contribution < -0.4 is 0 Å². The highest BCUT2D eigenvalue weighted by Crippen LogP contribution is 2.23. The van der Waals surface area contributed by atoms with Crippen LogP contribution in [0.5, 0.6) is 0 Å². The van der Waals surface area contributed by atoms with Crippen molar-refractivity contribution in [3.63, 3.8) is 0 Å². The summed E-state index contributed by atoms with van der Waals surface area (Å²) in [6, 6.07) is 0.751. The van der Waals surface area contributed by atoms with E-state index in [9.17, 15) is 5.11 Å². The standard InChI is InChI=1S/C14H29N3O/c1-15(2)6-3-7-16-8-5-14(11-16)17-9-4-13(10-17)12-18/h13-14,18H,3-12H2,1-2H3. The molecule has 2 atom stereocenters. The van der Waals surface area contributed by atoms with Crippen molar-refractivity contribution in [3.8, 4) is 0 Å². The van der Waals surface area contributed by atoms with Crippen LogP contribution in [0.15, 0.2) is 0 Å². The fraction of sp³-hybridized carbons (Fsp3) is 1.00. The average molecular weight is 255 g/mol. The third-order valence-electron chi connectivity index (χ3n) is 4.42. The van der Waals surface area contributed by atoms with Crippen LogP contribution in [-0.4, -0.2) is 85.8 Å². The Kier molecular flexibility index (Phi) is 5.42. The number of aliphatic hydroxyl groups is 1. The molecule has 0 amide bonds. The molecule has 0 bridgehead atoms. The van der Waals surface area contributed by atoms with Crippen LogP contribution in [0.4, 0.5) is 0 Å². The lowest BCUT2D eigenvalue weighted by Crippen LogP contribution is -2.36. The van der Waals surface area contributed by atoms with E-state index in [1.807, 2.05) is 0 Å². The Morgan fingerprint density at radius 2 is 2.00 bits per heavy atom. The summed E-state index contributed by atoms with van der Waals surface area (Å²) in [6.45, 7) is 7.62. The number of rotatable bonds is 6. The molecule has 0 spiro atoms. The summed E-state index contributed by atoms with van der Waals surface area (Å²) in [7, 11) is 4.29. The molecule has 0 aromatic heterocycles. The van der Waals surface area contributed by atoms with Crippen LogP contribution >= 0.6 is 0 Å². The summed E-state index contributed by atoms with van der Waals surface area (Å²) >= 11 is 0. The van der Waals surface area contributed by atoms with E-state index < -0.39 is 0 Å². The zero-order valence-electron chi connectivity index (χ0n) is 12.0. The molecule has 1 N–H and O–H groups in total. The zero-order valence-corrected chi connectivity index (χ0v) is 12.0. The molecule has 106 valence electrons. The summed E-state index contributed by atoms with van der Waals surface area (Å²) in [6.07, 6.45) is 3.78. The first kappa shape index (κ1) is 14.3. The molecule has 0 saturated carbocycles. The van der Waals surface area contributed by atoms with Gasteiger partial charge in [0.05, 0.1) is 0 Å². The molecule has 4 heteroatoms. The van der Waals surface area contributed by atoms with Gasteiger partial charge < -0.3 is 14.9 Å². The minimum Gasteiger partial charge on any atom is -0.396 e. The van der Waals surface area contributed by atoms with Gasteiger partial charge >= 0.3 is 0 Å². The Morgan fingerprint density at radius 3 is 2.67 bits per heavy atom. The van der Waals surface area contributed by atoms with Gasteiger partial charge in [0, 0.05) is 25.7 Å². The molecule has 18 heavy (non-hydrogen) atoms. The molecule has 2 unspecified atom stereocenters. The van der Waals surface area contributed by atoms with Gasteiger partial charge in [-0.25, -0.2) is 0 Å². The maximum atomic E-state index is 9.20. The van der Waals surface area contributed by atoms with Crippen LogP contribution in [0.3, 0.4) is 0 Å². The van der Waals surface area contributed by atoms with Crippen molar-refractivity contribution >= 4 is 0 Å². The van der Waals surface area contributed by atoms with Crippen molar-refractivity contribution in [1.82, 2.24) is 14.7 Å². The number of hydrogen-bond acceptors (Lipinski definition) is 4. The van der Waals surface area contributed by atoms with E-state index in [4.69, 9.17) is 0 Å². The van der Waals surface area contributed by atoms with Crippen LogP contribution in [-0.2, 0) is 0 Å². The third kappa shape index (κ3) is 3.92. The van der Waals surface area contributed by atoms with Crippen molar-refractivity contribution in [1.29, 1.82) is 0 Å². The van der Waals surface area contributed by atoms with Gasteiger partial charge in [0.1, 0.15) is 0 Å². The Balaban J connectivity index is 1.65. The molecular weight excluding hydrogens is 226 g/mol. The number of aliphatic hydroxyl groups excluding tert-OH is 1. The maximum absolute atomic E-state index is 9.20. The van der Waals surface area contributed by atoms with Gasteiger partial charge in [-0.05, 0) is 65.5 Å². The fourth-order valence-corrected chi connectivity index (χ4v) is 3.27. The van der Waals surface area contributed by atoms with Crippen LogP contribution in [0.25, 0.3) is 0 Å². The second-order valence-electron chi connectivity index (χ2n) is 6.23. The first-order chi connectivity index (χ1) is 8.69. The topological polar surface area (TPSA) is 30.0 Å². The predicted octanol–water partition coefficient (Wildman–Crippen LogP) is 0.327. The lowest BCUT2D eigenvalue weighted by atomic mass is 10.1. The van der Waals surface area contributed by atoms with Crippen LogP contribution in [0, 0.1) is 5.92 Å². The largest absolute Gasteiger partial charge is 0.396 e. The fourth-order valence-electron chi connectivity index (χ4n) is 3.27. The molecule has 0 aromatic carbocycles. The van der Waals surface area contributed by atoms with Crippen molar-refractivity contribution < 1.29 is 5.11 Å². The highest BCUT2D eigenvalue weighted by molar-refractivity contribution is 4.87. The monoisotopic (exact) mass is 255 g/mol. The quantitative estimate of drug-likeness (QED) is 0.741. The predicted molar refractivity (Wildman–Crippen MR) is 74.8 cm³/mol. The van der Waals surface area contributed by atoms with Crippen molar-refractivity contribution in [3.05, 3.63) is 0 Å². The highest BCUT2D eigenvalue weighted by Gasteiger charge is 2.32. The first-order valence-corrected chi connectivity index (χ1v) is 7.41. The van der Waals surface area contributed by atoms with Crippen molar-refractivity contribution in [2.45, 2.75) is 25.3 Å². The molecule has 2 aliphatic rings. The van der Waals surface area contributed by atoms with Crippen molar-refractivity contribution in [2.75, 3.05) is 60.0 Å². The summed E-state index contributed by atoms with van der Waals surface area (Å²) in [4.78, 5) is 7.48. The Morgan fingerprint density at radius 1 is 1.17 bits per heavy atom. The Bertz CT molecular complexity index is 247. The molecule has 0 aromatic rings. The smallest absolute Gasteiger partial charge is 0.0471 e. The number of hydrogen-bond donors (Lipinski definition) is 1. The normalized spacial score (nSPS) is 30.7. The van der Waals surface area contributed by atoms with E-state index in [0.717, 1.165) is 12.6 Å². The summed E-state index contributed by atoms with van der Waals surface area (Å²) in [5.41, 5.74) is 0. The molecule has 2 rings (SSSR count). The molecule has 2 saturated heterocycles. The number of nitrogens with zero attached hydrogens (tertiary/aromatic N) is 3. The van der Waals surface area contributed by atoms with Gasteiger partial charge in [-0.15, -0.1) is 0 Å². The zero-order chi connectivity index (χ0) is 13.0. The molecule has 2 fully saturated rings. The lowest BCUT2D eigenvalue weighted by molar-refractivity contribution is 0.194. The third-order valence-corrected chi connectivity index (χ3v) is 4.42.